The summed E-state index contributed by atoms with van der Waals surface area (Å²) in [5, 5.41) is 39.3. The zero-order chi connectivity index (χ0) is 20.4. The minimum atomic E-state index is -1.25. The molecule has 1 unspecified atom stereocenters. The van der Waals surface area contributed by atoms with Gasteiger partial charge in [-0.05, 0) is 0 Å². The van der Waals surface area contributed by atoms with Crippen LogP contribution in [0.15, 0.2) is 12.7 Å². The molecule has 0 aromatic carbocycles. The van der Waals surface area contributed by atoms with E-state index in [9.17, 15) is 20.1 Å². The number of hydrogen-bond donors (Lipinski definition) is 6. The summed E-state index contributed by atoms with van der Waals surface area (Å²) < 4.78 is 7.31. The molecule has 0 bridgehead atoms. The van der Waals surface area contributed by atoms with Crippen LogP contribution in [-0.4, -0.2) is 87.7 Å². The molecule has 3 rings (SSSR count). The number of aliphatic hydroxyl groups excluding tert-OH is 3. The van der Waals surface area contributed by atoms with Gasteiger partial charge in [-0.2, -0.15) is 0 Å². The number of nitrogens with zero attached hydrogens (tertiary/aromatic N) is 4. The first-order valence-electron chi connectivity index (χ1n) is 8.51. The largest absolute Gasteiger partial charge is 0.480 e. The summed E-state index contributed by atoms with van der Waals surface area (Å²) in [6.45, 7) is 0. The first kappa shape index (κ1) is 20.7. The number of ether oxygens (including phenoxy) is 1. The molecule has 0 radical (unpaired) electrons. The SMILES string of the molecule is Nc1ncnc2c1ncn2[C@@H]1O[C@H](C[S+](CO)CC[C@H](N)C(=O)O)[C@@H](O)[C@H]1O. The molecule has 2 aromatic heterocycles. The lowest BCUT2D eigenvalue weighted by molar-refractivity contribution is -0.138. The normalized spacial score (nSPS) is 27.1. The van der Waals surface area contributed by atoms with Crippen LogP contribution in [0.4, 0.5) is 5.82 Å². The first-order chi connectivity index (χ1) is 13.3. The van der Waals surface area contributed by atoms with Crippen molar-refractivity contribution in [2.45, 2.75) is 37.0 Å². The molecule has 13 heteroatoms. The van der Waals surface area contributed by atoms with E-state index in [1.54, 1.807) is 0 Å². The Morgan fingerprint density at radius 1 is 1.32 bits per heavy atom. The summed E-state index contributed by atoms with van der Waals surface area (Å²) in [6.07, 6.45) is -1.29. The van der Waals surface area contributed by atoms with Crippen molar-refractivity contribution in [3.63, 3.8) is 0 Å². The minimum absolute atomic E-state index is 0.185. The number of fused-ring (bicyclic) bond motifs is 1. The lowest BCUT2D eigenvalue weighted by Gasteiger charge is -2.16. The van der Waals surface area contributed by atoms with E-state index in [2.05, 4.69) is 15.0 Å². The lowest BCUT2D eigenvalue weighted by Crippen LogP contribution is -2.38. The second-order valence-electron chi connectivity index (χ2n) is 6.47. The van der Waals surface area contributed by atoms with Gasteiger partial charge in [-0.25, -0.2) is 15.0 Å². The fourth-order valence-corrected chi connectivity index (χ4v) is 4.73. The van der Waals surface area contributed by atoms with Crippen LogP contribution in [-0.2, 0) is 20.4 Å². The quantitative estimate of drug-likeness (QED) is 0.247. The van der Waals surface area contributed by atoms with Gasteiger partial charge in [-0.3, -0.25) is 9.36 Å². The van der Waals surface area contributed by atoms with E-state index >= 15 is 0 Å². The summed E-state index contributed by atoms with van der Waals surface area (Å²) in [4.78, 5) is 22.9. The van der Waals surface area contributed by atoms with Gasteiger partial charge in [-0.15, -0.1) is 0 Å². The number of carboxylic acids is 1. The summed E-state index contributed by atoms with van der Waals surface area (Å²) in [6, 6.07) is -1.02. The molecule has 2 aromatic rings. The highest BCUT2D eigenvalue weighted by atomic mass is 32.2. The number of anilines is 1. The van der Waals surface area contributed by atoms with Gasteiger partial charge in [0.05, 0.1) is 6.33 Å². The molecule has 3 heterocycles. The molecule has 0 aliphatic carbocycles. The molecule has 6 atom stereocenters. The Balaban J connectivity index is 1.71. The Morgan fingerprint density at radius 2 is 2.07 bits per heavy atom. The zero-order valence-corrected chi connectivity index (χ0v) is 15.6. The van der Waals surface area contributed by atoms with Gasteiger partial charge in [0.1, 0.15) is 47.7 Å². The second kappa shape index (κ2) is 8.55. The Bertz CT molecular complexity index is 836. The van der Waals surface area contributed by atoms with E-state index in [0.29, 0.717) is 16.9 Å². The summed E-state index contributed by atoms with van der Waals surface area (Å²) in [5.74, 6) is -0.499. The average Bonchev–Trinajstić information content (AvgIpc) is 3.21. The maximum absolute atomic E-state index is 10.8. The van der Waals surface area contributed by atoms with Gasteiger partial charge in [0.25, 0.3) is 0 Å². The molecule has 28 heavy (non-hydrogen) atoms. The van der Waals surface area contributed by atoms with Crippen LogP contribution in [0.25, 0.3) is 11.2 Å². The maximum Gasteiger partial charge on any atom is 0.320 e. The molecule has 1 aliphatic rings. The molecule has 0 spiro atoms. The molecule has 1 fully saturated rings. The number of aliphatic hydroxyl groups is 3. The predicted molar refractivity (Wildman–Crippen MR) is 100 cm³/mol. The number of rotatable bonds is 8. The number of carbonyl (C=O) groups is 1. The molecule has 154 valence electrons. The number of nitrogen functional groups attached to an aromatic ring is 1. The molecule has 0 amide bonds. The van der Waals surface area contributed by atoms with Crippen LogP contribution in [0.1, 0.15) is 12.6 Å². The van der Waals surface area contributed by atoms with Crippen molar-refractivity contribution in [3.05, 3.63) is 12.7 Å². The van der Waals surface area contributed by atoms with Gasteiger partial charge >= 0.3 is 5.97 Å². The molecule has 12 nitrogen and oxygen atoms in total. The summed E-state index contributed by atoms with van der Waals surface area (Å²) >= 11 is 0. The third-order valence-electron chi connectivity index (χ3n) is 4.62. The van der Waals surface area contributed by atoms with Crippen molar-refractivity contribution in [1.29, 1.82) is 0 Å². The fraction of sp³-hybridized carbons (Fsp3) is 0.600. The average molecular weight is 415 g/mol. The minimum Gasteiger partial charge on any atom is -0.480 e. The molecule has 1 aliphatic heterocycles. The Morgan fingerprint density at radius 3 is 2.75 bits per heavy atom. The topological polar surface area (TPSA) is 203 Å². The van der Waals surface area contributed by atoms with E-state index < -0.39 is 47.4 Å². The van der Waals surface area contributed by atoms with Crippen LogP contribution >= 0.6 is 0 Å². The smallest absolute Gasteiger partial charge is 0.320 e. The molecular formula is C15H23N6O6S+. The van der Waals surface area contributed by atoms with E-state index in [1.807, 2.05) is 0 Å². The van der Waals surface area contributed by atoms with Crippen LogP contribution in [0.5, 0.6) is 0 Å². The van der Waals surface area contributed by atoms with Crippen molar-refractivity contribution in [3.8, 4) is 0 Å². The highest BCUT2D eigenvalue weighted by Crippen LogP contribution is 2.32. The fourth-order valence-electron chi connectivity index (χ4n) is 3.00. The number of carboxylic acid groups (broad SMARTS) is 1. The van der Waals surface area contributed by atoms with Crippen LogP contribution in [0.2, 0.25) is 0 Å². The Labute approximate surface area is 162 Å². The van der Waals surface area contributed by atoms with Crippen molar-refractivity contribution in [2.75, 3.05) is 23.2 Å². The van der Waals surface area contributed by atoms with Gasteiger partial charge in [0, 0.05) is 17.3 Å². The Kier molecular flexibility index (Phi) is 6.32. The van der Waals surface area contributed by atoms with E-state index in [-0.39, 0.29) is 23.9 Å². The predicted octanol–water partition coefficient (Wildman–Crippen LogP) is -2.60. The van der Waals surface area contributed by atoms with Crippen LogP contribution in [0, 0.1) is 0 Å². The number of aromatic nitrogens is 4. The van der Waals surface area contributed by atoms with Crippen molar-refractivity contribution in [1.82, 2.24) is 19.5 Å². The lowest BCUT2D eigenvalue weighted by atomic mass is 10.1. The highest BCUT2D eigenvalue weighted by Gasteiger charge is 2.47. The third-order valence-corrected chi connectivity index (χ3v) is 6.59. The third kappa shape index (κ3) is 4.04. The van der Waals surface area contributed by atoms with Crippen LogP contribution in [0.3, 0.4) is 0 Å². The van der Waals surface area contributed by atoms with Crippen molar-refractivity contribution in [2.24, 2.45) is 5.73 Å². The van der Waals surface area contributed by atoms with Gasteiger partial charge < -0.3 is 36.6 Å². The van der Waals surface area contributed by atoms with Crippen molar-refractivity contribution < 1.29 is 30.0 Å². The number of hydrogen-bond acceptors (Lipinski definition) is 10. The number of aliphatic carboxylic acids is 1. The first-order valence-corrected chi connectivity index (χ1v) is 10.2. The molecule has 0 saturated carbocycles. The van der Waals surface area contributed by atoms with E-state index in [4.69, 9.17) is 21.3 Å². The van der Waals surface area contributed by atoms with Crippen molar-refractivity contribution >= 4 is 33.8 Å². The molecule has 8 N–H and O–H groups in total. The van der Waals surface area contributed by atoms with Crippen LogP contribution < -0.4 is 11.5 Å². The summed E-state index contributed by atoms with van der Waals surface area (Å²) in [7, 11) is -0.641. The van der Waals surface area contributed by atoms with Gasteiger partial charge in [0.15, 0.2) is 17.7 Å². The molecule has 1 saturated heterocycles. The zero-order valence-electron chi connectivity index (χ0n) is 14.8. The standard InChI is InChI=1S/C15H22N6O6S/c16-7(15(25)26)1-2-28(6-22)3-8-10(23)11(24)14(27-8)21-5-20-9-12(17)18-4-19-13(9)21/h4-5,7-8,10-11,14,22-24H,1-3,6,16H2,(H2-,17,18,19,25,26)/p+1/t7-,8+,10+,11+,14+,28?/m0/s1. The number of imidazole rings is 1. The van der Waals surface area contributed by atoms with E-state index in [0.717, 1.165) is 0 Å². The Hall–Kier alpha value is -2.03. The monoisotopic (exact) mass is 415 g/mol. The highest BCUT2D eigenvalue weighted by molar-refractivity contribution is 7.96. The second-order valence-corrected chi connectivity index (χ2v) is 8.70. The number of nitrogens with two attached hydrogens (primary N) is 2. The van der Waals surface area contributed by atoms with Gasteiger partial charge in [0.2, 0.25) is 5.94 Å². The molecular weight excluding hydrogens is 392 g/mol. The maximum atomic E-state index is 10.8. The van der Waals surface area contributed by atoms with Gasteiger partial charge in [-0.1, -0.05) is 0 Å². The summed E-state index contributed by atoms with van der Waals surface area (Å²) in [5.41, 5.74) is 12.0. The van der Waals surface area contributed by atoms with E-state index in [1.165, 1.54) is 17.2 Å².